The monoisotopic (exact) mass is 477 g/mol. The van der Waals surface area contributed by atoms with Crippen LogP contribution in [0.15, 0.2) is 54.7 Å². The quantitative estimate of drug-likeness (QED) is 0.299. The number of thiazole rings is 1. The van der Waals surface area contributed by atoms with Crippen molar-refractivity contribution in [1.82, 2.24) is 9.97 Å². The van der Waals surface area contributed by atoms with Gasteiger partial charge in [0, 0.05) is 30.0 Å². The molecule has 0 radical (unpaired) electrons. The van der Waals surface area contributed by atoms with Gasteiger partial charge in [-0.15, -0.1) is 0 Å². The van der Waals surface area contributed by atoms with E-state index in [2.05, 4.69) is 20.6 Å². The smallest absolute Gasteiger partial charge is 0.293 e. The number of nitrogens with one attached hydrogen (secondary N) is 2. The Morgan fingerprint density at radius 3 is 2.68 bits per heavy atom. The molecule has 2 N–H and O–H groups in total. The van der Waals surface area contributed by atoms with Crippen molar-refractivity contribution in [1.29, 1.82) is 0 Å². The third kappa shape index (κ3) is 4.33. The zero-order chi connectivity index (χ0) is 23.7. The maximum absolute atomic E-state index is 12.8. The lowest BCUT2D eigenvalue weighted by molar-refractivity contribution is -0.384. The number of aromatic nitrogens is 2. The summed E-state index contributed by atoms with van der Waals surface area (Å²) < 4.78 is 12.0. The van der Waals surface area contributed by atoms with Crippen LogP contribution < -0.4 is 20.1 Å². The van der Waals surface area contributed by atoms with Gasteiger partial charge in [0.1, 0.15) is 18.9 Å². The van der Waals surface area contributed by atoms with Crippen molar-refractivity contribution in [2.24, 2.45) is 0 Å². The largest absolute Gasteiger partial charge is 0.486 e. The molecule has 1 atom stereocenters. The van der Waals surface area contributed by atoms with Crippen LogP contribution in [0.1, 0.15) is 29.0 Å². The van der Waals surface area contributed by atoms with Crippen LogP contribution in [0.3, 0.4) is 0 Å². The number of fused-ring (bicyclic) bond motifs is 2. The highest BCUT2D eigenvalue weighted by molar-refractivity contribution is 7.22. The maximum Gasteiger partial charge on any atom is 0.293 e. The lowest BCUT2D eigenvalue weighted by atomic mass is 10.1. The molecule has 172 valence electrons. The predicted octanol–water partition coefficient (Wildman–Crippen LogP) is 4.80. The topological polar surface area (TPSA) is 129 Å². The molecule has 1 unspecified atom stereocenters. The van der Waals surface area contributed by atoms with Gasteiger partial charge in [-0.3, -0.25) is 25.2 Å². The summed E-state index contributed by atoms with van der Waals surface area (Å²) in [6, 6.07) is 13.1. The van der Waals surface area contributed by atoms with E-state index >= 15 is 0 Å². The molecule has 34 heavy (non-hydrogen) atoms. The minimum atomic E-state index is -0.521. The third-order valence-electron chi connectivity index (χ3n) is 5.23. The fourth-order valence-electron chi connectivity index (χ4n) is 3.57. The Bertz CT molecular complexity index is 1350. The lowest BCUT2D eigenvalue weighted by Crippen LogP contribution is -2.15. The molecule has 0 fully saturated rings. The van der Waals surface area contributed by atoms with Gasteiger partial charge in [-0.05, 0) is 31.2 Å². The van der Waals surface area contributed by atoms with Crippen molar-refractivity contribution < 1.29 is 19.2 Å². The maximum atomic E-state index is 12.8. The van der Waals surface area contributed by atoms with E-state index in [1.807, 2.05) is 25.1 Å². The van der Waals surface area contributed by atoms with E-state index in [1.54, 1.807) is 18.3 Å². The highest BCUT2D eigenvalue weighted by Gasteiger charge is 2.21. The number of carbonyl (C=O) groups excluding carboxylic acids is 1. The van der Waals surface area contributed by atoms with Gasteiger partial charge in [0.2, 0.25) is 0 Å². The molecule has 0 saturated heterocycles. The van der Waals surface area contributed by atoms with Crippen molar-refractivity contribution in [3.05, 3.63) is 76.1 Å². The van der Waals surface area contributed by atoms with Gasteiger partial charge in [-0.25, -0.2) is 4.98 Å². The zero-order valence-corrected chi connectivity index (χ0v) is 18.8. The molecule has 11 heteroatoms. The summed E-state index contributed by atoms with van der Waals surface area (Å²) in [7, 11) is 0. The zero-order valence-electron chi connectivity index (χ0n) is 18.0. The van der Waals surface area contributed by atoms with Crippen LogP contribution in [-0.4, -0.2) is 34.0 Å². The van der Waals surface area contributed by atoms with E-state index in [-0.39, 0.29) is 17.3 Å². The number of nitrogens with zero attached hydrogens (tertiary/aromatic N) is 3. The van der Waals surface area contributed by atoms with E-state index in [0.29, 0.717) is 41.0 Å². The van der Waals surface area contributed by atoms with Crippen LogP contribution >= 0.6 is 11.3 Å². The minimum Gasteiger partial charge on any atom is -0.486 e. The van der Waals surface area contributed by atoms with Gasteiger partial charge in [0.25, 0.3) is 11.6 Å². The van der Waals surface area contributed by atoms with Crippen molar-refractivity contribution in [3.63, 3.8) is 0 Å². The minimum absolute atomic E-state index is 0.146. The summed E-state index contributed by atoms with van der Waals surface area (Å²) in [4.78, 5) is 32.7. The Labute approximate surface area is 197 Å². The second-order valence-electron chi connectivity index (χ2n) is 7.55. The Morgan fingerprint density at radius 2 is 1.94 bits per heavy atom. The molecule has 5 rings (SSSR count). The predicted molar refractivity (Wildman–Crippen MR) is 128 cm³/mol. The Morgan fingerprint density at radius 1 is 1.15 bits per heavy atom. The molecular weight excluding hydrogens is 458 g/mol. The van der Waals surface area contributed by atoms with Gasteiger partial charge < -0.3 is 14.8 Å². The number of nitro benzene ring substituents is 1. The number of rotatable bonds is 6. The highest BCUT2D eigenvalue weighted by Crippen LogP contribution is 2.38. The number of carbonyl (C=O) groups is 1. The molecule has 10 nitrogen and oxygen atoms in total. The second kappa shape index (κ2) is 8.94. The molecule has 1 aliphatic rings. The molecule has 0 bridgehead atoms. The second-order valence-corrected chi connectivity index (χ2v) is 8.58. The molecule has 1 aliphatic heterocycles. The van der Waals surface area contributed by atoms with Crippen LogP contribution in [0.2, 0.25) is 0 Å². The molecule has 1 amide bonds. The summed E-state index contributed by atoms with van der Waals surface area (Å²) in [5.74, 6) is 0.753. The van der Waals surface area contributed by atoms with Crippen molar-refractivity contribution >= 4 is 44.0 Å². The van der Waals surface area contributed by atoms with E-state index in [1.165, 1.54) is 29.5 Å². The first-order valence-electron chi connectivity index (χ1n) is 10.5. The first-order chi connectivity index (χ1) is 16.5. The van der Waals surface area contributed by atoms with Crippen LogP contribution in [0, 0.1) is 10.1 Å². The number of ether oxygens (including phenoxy) is 2. The molecule has 4 aromatic rings. The number of hydrogen-bond donors (Lipinski definition) is 2. The number of hydrogen-bond acceptors (Lipinski definition) is 9. The Hall–Kier alpha value is -4.25. The fraction of sp³-hybridized carbons (Fsp3) is 0.174. The number of nitro groups is 1. The van der Waals surface area contributed by atoms with Crippen molar-refractivity contribution in [3.8, 4) is 11.5 Å². The lowest BCUT2D eigenvalue weighted by Gasteiger charge is -2.17. The molecule has 0 aliphatic carbocycles. The molecule has 0 saturated carbocycles. The van der Waals surface area contributed by atoms with Gasteiger partial charge in [-0.2, -0.15) is 0 Å². The molecule has 0 spiro atoms. The first-order valence-corrected chi connectivity index (χ1v) is 11.3. The third-order valence-corrected chi connectivity index (χ3v) is 6.17. The number of pyridine rings is 1. The van der Waals surface area contributed by atoms with Crippen LogP contribution in [0.5, 0.6) is 11.5 Å². The summed E-state index contributed by atoms with van der Waals surface area (Å²) in [5, 5.41) is 17.9. The van der Waals surface area contributed by atoms with E-state index in [9.17, 15) is 14.9 Å². The number of benzene rings is 2. The van der Waals surface area contributed by atoms with E-state index in [4.69, 9.17) is 9.47 Å². The van der Waals surface area contributed by atoms with E-state index < -0.39 is 10.8 Å². The van der Waals surface area contributed by atoms with Gasteiger partial charge >= 0.3 is 0 Å². The van der Waals surface area contributed by atoms with Crippen molar-refractivity contribution in [2.45, 2.75) is 13.0 Å². The van der Waals surface area contributed by atoms with Gasteiger partial charge in [-0.1, -0.05) is 17.4 Å². The SMILES string of the molecule is CC(Nc1ccc(C(=O)Nc2nc3cc4c(cc3s2)OCCO4)cc1[N+](=O)[O-])c1ccccn1. The summed E-state index contributed by atoms with van der Waals surface area (Å²) in [5.41, 5.74) is 1.64. The van der Waals surface area contributed by atoms with Crippen LogP contribution in [0.25, 0.3) is 10.2 Å². The fourth-order valence-corrected chi connectivity index (χ4v) is 4.44. The van der Waals surface area contributed by atoms with Gasteiger partial charge in [0.05, 0.1) is 26.9 Å². The number of anilines is 2. The summed E-state index contributed by atoms with van der Waals surface area (Å²) in [6.45, 7) is 2.80. The number of amides is 1. The van der Waals surface area contributed by atoms with Crippen LogP contribution in [-0.2, 0) is 0 Å². The standard InChI is InChI=1S/C23H19N5O5S/c1-13(15-4-2-3-7-24-15)25-16-6-5-14(10-18(16)28(30)31)22(29)27-23-26-17-11-19-20(12-21(17)34-23)33-9-8-32-19/h2-7,10-13,25H,8-9H2,1H3,(H,26,27,29). The first kappa shape index (κ1) is 21.6. The van der Waals surface area contributed by atoms with Crippen LogP contribution in [0.4, 0.5) is 16.5 Å². The normalized spacial score (nSPS) is 13.3. The highest BCUT2D eigenvalue weighted by atomic mass is 32.1. The molecular formula is C23H19N5O5S. The molecule has 2 aromatic carbocycles. The molecule has 3 heterocycles. The van der Waals surface area contributed by atoms with Gasteiger partial charge in [0.15, 0.2) is 16.6 Å². The average molecular weight is 478 g/mol. The Balaban J connectivity index is 1.36. The van der Waals surface area contributed by atoms with E-state index in [0.717, 1.165) is 10.4 Å². The Kier molecular flexibility index (Phi) is 5.68. The molecule has 2 aromatic heterocycles. The average Bonchev–Trinajstić information content (AvgIpc) is 3.23. The van der Waals surface area contributed by atoms with Crippen molar-refractivity contribution in [2.75, 3.05) is 23.8 Å². The summed E-state index contributed by atoms with van der Waals surface area (Å²) in [6.07, 6.45) is 1.66. The summed E-state index contributed by atoms with van der Waals surface area (Å²) >= 11 is 1.28.